The Balaban J connectivity index is 1.96. The molecular weight excluding hydrogens is 434 g/mol. The molecule has 8 heteroatoms. The number of benzene rings is 2. The fourth-order valence-corrected chi connectivity index (χ4v) is 3.96. The van der Waals surface area contributed by atoms with Crippen LogP contribution in [-0.2, 0) is 0 Å². The first-order valence-corrected chi connectivity index (χ1v) is 11.0. The number of pyridine rings is 1. The normalized spacial score (nSPS) is 12.6. The number of hydrogen-bond acceptors (Lipinski definition) is 6. The van der Waals surface area contributed by atoms with E-state index in [4.69, 9.17) is 0 Å². The Hall–Kier alpha value is -3.75. The molecule has 3 aromatic rings. The third-order valence-electron chi connectivity index (χ3n) is 5.86. The van der Waals surface area contributed by atoms with E-state index in [0.717, 1.165) is 16.7 Å². The van der Waals surface area contributed by atoms with Crippen LogP contribution in [-0.4, -0.2) is 51.3 Å². The van der Waals surface area contributed by atoms with Gasteiger partial charge in [-0.15, -0.1) is 0 Å². The number of rotatable bonds is 9. The van der Waals surface area contributed by atoms with Crippen LogP contribution in [0.15, 0.2) is 70.6 Å². The van der Waals surface area contributed by atoms with Gasteiger partial charge in [-0.05, 0) is 48.7 Å². The zero-order valence-corrected chi connectivity index (χ0v) is 19.2. The molecule has 34 heavy (non-hydrogen) atoms. The number of carbonyl (C=O) groups is 1. The summed E-state index contributed by atoms with van der Waals surface area (Å²) in [7, 11) is 0. The summed E-state index contributed by atoms with van der Waals surface area (Å²) < 4.78 is 0. The average Bonchev–Trinajstić information content (AvgIpc) is 2.84. The molecule has 0 saturated heterocycles. The molecule has 8 nitrogen and oxygen atoms in total. The van der Waals surface area contributed by atoms with Crippen molar-refractivity contribution < 1.29 is 20.2 Å². The van der Waals surface area contributed by atoms with Crippen molar-refractivity contribution in [3.63, 3.8) is 0 Å². The fraction of sp³-hybridized carbons (Fsp3) is 0.269. The van der Waals surface area contributed by atoms with Crippen LogP contribution in [0, 0.1) is 13.8 Å². The van der Waals surface area contributed by atoms with E-state index in [0.29, 0.717) is 29.0 Å². The van der Waals surface area contributed by atoms with Crippen molar-refractivity contribution in [2.75, 3.05) is 13.2 Å². The topological polar surface area (TPSA) is 135 Å². The molecule has 0 saturated carbocycles. The van der Waals surface area contributed by atoms with E-state index in [2.05, 4.69) is 15.5 Å². The van der Waals surface area contributed by atoms with Crippen LogP contribution in [0.3, 0.4) is 0 Å². The SMILES string of the molecule is Cc1ccccc1C(C/C(=N\O)c1ccc(=O)[nH]c1C)c1ccc(C(=O)NC(CO)CO)cc1. The van der Waals surface area contributed by atoms with Gasteiger partial charge in [0, 0.05) is 35.2 Å². The van der Waals surface area contributed by atoms with Crippen LogP contribution < -0.4 is 10.9 Å². The number of nitrogens with zero attached hydrogens (tertiary/aromatic N) is 1. The molecular formula is C26H29N3O5. The van der Waals surface area contributed by atoms with E-state index in [1.807, 2.05) is 43.3 Å². The van der Waals surface area contributed by atoms with Crippen molar-refractivity contribution in [2.24, 2.45) is 5.16 Å². The Labute approximate surface area is 197 Å². The van der Waals surface area contributed by atoms with Crippen LogP contribution in [0.2, 0.25) is 0 Å². The summed E-state index contributed by atoms with van der Waals surface area (Å²) in [6.07, 6.45) is 0.358. The molecule has 0 aliphatic heterocycles. The third-order valence-corrected chi connectivity index (χ3v) is 5.86. The highest BCUT2D eigenvalue weighted by molar-refractivity contribution is 6.01. The predicted octanol–water partition coefficient (Wildman–Crippen LogP) is 2.48. The van der Waals surface area contributed by atoms with Crippen molar-refractivity contribution in [1.29, 1.82) is 0 Å². The molecule has 1 heterocycles. The molecule has 0 spiro atoms. The second-order valence-corrected chi connectivity index (χ2v) is 8.18. The third kappa shape index (κ3) is 5.78. The van der Waals surface area contributed by atoms with E-state index in [1.54, 1.807) is 25.1 Å². The summed E-state index contributed by atoms with van der Waals surface area (Å²) in [6, 6.07) is 17.3. The maximum absolute atomic E-state index is 12.4. The van der Waals surface area contributed by atoms with Crippen molar-refractivity contribution >= 4 is 11.6 Å². The monoisotopic (exact) mass is 463 g/mol. The van der Waals surface area contributed by atoms with Gasteiger partial charge in [0.05, 0.1) is 25.0 Å². The molecule has 1 amide bonds. The van der Waals surface area contributed by atoms with Gasteiger partial charge in [0.25, 0.3) is 5.91 Å². The minimum atomic E-state index is -0.726. The number of aliphatic hydroxyl groups is 2. The van der Waals surface area contributed by atoms with Crippen LogP contribution >= 0.6 is 0 Å². The highest BCUT2D eigenvalue weighted by Gasteiger charge is 2.22. The number of hydrogen-bond donors (Lipinski definition) is 5. The Bertz CT molecular complexity index is 1210. The summed E-state index contributed by atoms with van der Waals surface area (Å²) in [5.74, 6) is -0.577. The Morgan fingerprint density at radius 2 is 1.68 bits per heavy atom. The molecule has 0 aliphatic rings. The van der Waals surface area contributed by atoms with Crippen molar-refractivity contribution in [2.45, 2.75) is 32.2 Å². The van der Waals surface area contributed by atoms with Gasteiger partial charge in [0.15, 0.2) is 0 Å². The maximum Gasteiger partial charge on any atom is 0.251 e. The molecule has 5 N–H and O–H groups in total. The zero-order valence-electron chi connectivity index (χ0n) is 19.2. The lowest BCUT2D eigenvalue weighted by atomic mass is 9.83. The van der Waals surface area contributed by atoms with Crippen LogP contribution in [0.5, 0.6) is 0 Å². The number of aromatic nitrogens is 1. The van der Waals surface area contributed by atoms with Gasteiger partial charge >= 0.3 is 0 Å². The summed E-state index contributed by atoms with van der Waals surface area (Å²) in [5.41, 5.74) is 4.88. The number of carbonyl (C=O) groups excluding carboxylic acids is 1. The van der Waals surface area contributed by atoms with Gasteiger partial charge in [0.1, 0.15) is 0 Å². The van der Waals surface area contributed by atoms with Crippen LogP contribution in [0.4, 0.5) is 0 Å². The first-order chi connectivity index (χ1) is 16.4. The average molecular weight is 464 g/mol. The lowest BCUT2D eigenvalue weighted by Gasteiger charge is -2.22. The number of aromatic amines is 1. The number of aliphatic hydroxyl groups excluding tert-OH is 2. The lowest BCUT2D eigenvalue weighted by molar-refractivity contribution is 0.0879. The maximum atomic E-state index is 12.4. The second kappa shape index (κ2) is 11.4. The molecule has 1 unspecified atom stereocenters. The Morgan fingerprint density at radius 1 is 1.00 bits per heavy atom. The number of aryl methyl sites for hydroxylation is 2. The molecule has 0 radical (unpaired) electrons. The van der Waals surface area contributed by atoms with Crippen LogP contribution in [0.1, 0.15) is 50.6 Å². The molecule has 2 aromatic carbocycles. The molecule has 178 valence electrons. The van der Waals surface area contributed by atoms with E-state index >= 15 is 0 Å². The lowest BCUT2D eigenvalue weighted by Crippen LogP contribution is -2.40. The standard InChI is InChI=1S/C26H29N3O5/c1-16-5-3-4-6-21(16)23(13-24(29-34)22-11-12-25(32)27-17(22)2)18-7-9-19(10-8-18)26(33)28-20(14-30)15-31/h3-12,20,23,30-31,34H,13-15H2,1-2H3,(H,27,32)(H,28,33)/b29-24+. The second-order valence-electron chi connectivity index (χ2n) is 8.18. The summed E-state index contributed by atoms with van der Waals surface area (Å²) >= 11 is 0. The Kier molecular flexibility index (Phi) is 8.34. The first kappa shape index (κ1) is 24.9. The fourth-order valence-electron chi connectivity index (χ4n) is 3.96. The van der Waals surface area contributed by atoms with E-state index in [1.165, 1.54) is 6.07 Å². The van der Waals surface area contributed by atoms with Crippen LogP contribution in [0.25, 0.3) is 0 Å². The van der Waals surface area contributed by atoms with Gasteiger partial charge in [-0.25, -0.2) is 0 Å². The Morgan fingerprint density at radius 3 is 2.26 bits per heavy atom. The number of amides is 1. The summed E-state index contributed by atoms with van der Waals surface area (Å²) in [4.78, 5) is 26.8. The number of oxime groups is 1. The summed E-state index contributed by atoms with van der Waals surface area (Å²) in [5, 5.41) is 34.4. The highest BCUT2D eigenvalue weighted by Crippen LogP contribution is 2.32. The molecule has 1 atom stereocenters. The van der Waals surface area contributed by atoms with Gasteiger partial charge in [0.2, 0.25) is 5.56 Å². The largest absolute Gasteiger partial charge is 0.411 e. The van der Waals surface area contributed by atoms with Crippen molar-refractivity contribution in [3.8, 4) is 0 Å². The van der Waals surface area contributed by atoms with Gasteiger partial charge in [-0.2, -0.15) is 0 Å². The van der Waals surface area contributed by atoms with E-state index in [-0.39, 0.29) is 24.7 Å². The number of H-pyrrole nitrogens is 1. The highest BCUT2D eigenvalue weighted by atomic mass is 16.4. The number of nitrogens with one attached hydrogen (secondary N) is 2. The van der Waals surface area contributed by atoms with Gasteiger partial charge in [-0.3, -0.25) is 9.59 Å². The molecule has 0 aliphatic carbocycles. The summed E-state index contributed by atoms with van der Waals surface area (Å²) in [6.45, 7) is 3.05. The zero-order chi connectivity index (χ0) is 24.7. The molecule has 0 fully saturated rings. The van der Waals surface area contributed by atoms with Crippen molar-refractivity contribution in [1.82, 2.24) is 10.3 Å². The van der Waals surface area contributed by atoms with Gasteiger partial charge < -0.3 is 25.7 Å². The predicted molar refractivity (Wildman–Crippen MR) is 130 cm³/mol. The quantitative estimate of drug-likeness (QED) is 0.189. The van der Waals surface area contributed by atoms with Gasteiger partial charge in [-0.1, -0.05) is 41.6 Å². The molecule has 3 rings (SSSR count). The van der Waals surface area contributed by atoms with Crippen molar-refractivity contribution in [3.05, 3.63) is 105 Å². The van der Waals surface area contributed by atoms with E-state index < -0.39 is 11.9 Å². The molecule has 1 aromatic heterocycles. The molecule has 0 bridgehead atoms. The smallest absolute Gasteiger partial charge is 0.251 e. The minimum Gasteiger partial charge on any atom is -0.411 e. The minimum absolute atomic E-state index is 0.182. The van der Waals surface area contributed by atoms with E-state index in [9.17, 15) is 25.0 Å². The first-order valence-electron chi connectivity index (χ1n) is 11.0.